The molecule has 3 N–H and O–H groups in total. The fourth-order valence-corrected chi connectivity index (χ4v) is 1.84. The molecule has 1 rings (SSSR count). The summed E-state index contributed by atoms with van der Waals surface area (Å²) in [6.07, 6.45) is 0.834. The largest absolute Gasteiger partial charge is 0.496 e. The van der Waals surface area contributed by atoms with Crippen molar-refractivity contribution in [2.75, 3.05) is 20.2 Å². The Balaban J connectivity index is 2.80. The van der Waals surface area contributed by atoms with Crippen LogP contribution in [0.4, 0.5) is 0 Å². The minimum Gasteiger partial charge on any atom is -0.496 e. The number of para-hydroxylation sites is 1. The molecule has 0 aromatic heterocycles. The van der Waals surface area contributed by atoms with Crippen LogP contribution in [0.3, 0.4) is 0 Å². The van der Waals surface area contributed by atoms with Gasteiger partial charge < -0.3 is 15.8 Å². The van der Waals surface area contributed by atoms with Gasteiger partial charge in [-0.15, -0.1) is 0 Å². The van der Waals surface area contributed by atoms with Gasteiger partial charge in [-0.2, -0.15) is 0 Å². The fourth-order valence-electron chi connectivity index (χ4n) is 1.84. The third-order valence-corrected chi connectivity index (χ3v) is 3.04. The lowest BCUT2D eigenvalue weighted by Gasteiger charge is -2.30. The van der Waals surface area contributed by atoms with E-state index < -0.39 is 0 Å². The minimum absolute atomic E-state index is 0.145. The maximum atomic E-state index is 5.90. The van der Waals surface area contributed by atoms with Crippen LogP contribution in [0.5, 0.6) is 5.75 Å². The van der Waals surface area contributed by atoms with Crippen molar-refractivity contribution in [3.8, 4) is 5.75 Å². The Kier molecular flexibility index (Phi) is 5.38. The van der Waals surface area contributed by atoms with E-state index in [0.29, 0.717) is 6.54 Å². The smallest absolute Gasteiger partial charge is 0.122 e. The van der Waals surface area contributed by atoms with Gasteiger partial charge in [0.1, 0.15) is 5.75 Å². The highest BCUT2D eigenvalue weighted by Gasteiger charge is 2.23. The van der Waals surface area contributed by atoms with Crippen LogP contribution in [0.1, 0.15) is 19.4 Å². The van der Waals surface area contributed by atoms with E-state index in [1.165, 1.54) is 5.56 Å². The van der Waals surface area contributed by atoms with Crippen molar-refractivity contribution in [2.45, 2.75) is 25.8 Å². The molecule has 0 radical (unpaired) electrons. The number of rotatable bonds is 7. The SMILES string of the molecule is C=C(C)CNC(C)(CN)Cc1ccccc1OC. The summed E-state index contributed by atoms with van der Waals surface area (Å²) in [4.78, 5) is 0. The number of hydrogen-bond acceptors (Lipinski definition) is 3. The molecule has 0 fully saturated rings. The van der Waals surface area contributed by atoms with Crippen molar-refractivity contribution in [1.29, 1.82) is 0 Å². The number of hydrogen-bond donors (Lipinski definition) is 2. The zero-order valence-electron chi connectivity index (χ0n) is 11.6. The van der Waals surface area contributed by atoms with E-state index in [1.54, 1.807) is 7.11 Å². The van der Waals surface area contributed by atoms with Crippen LogP contribution in [0.25, 0.3) is 0 Å². The van der Waals surface area contributed by atoms with E-state index >= 15 is 0 Å². The third-order valence-electron chi connectivity index (χ3n) is 3.04. The summed E-state index contributed by atoms with van der Waals surface area (Å²) in [5.74, 6) is 0.911. The zero-order valence-corrected chi connectivity index (χ0v) is 11.6. The molecule has 0 saturated heterocycles. The average Bonchev–Trinajstić information content (AvgIpc) is 2.37. The van der Waals surface area contributed by atoms with Crippen molar-refractivity contribution in [1.82, 2.24) is 5.32 Å². The molecule has 0 aliphatic rings. The normalized spacial score (nSPS) is 14.0. The Labute approximate surface area is 110 Å². The van der Waals surface area contributed by atoms with Crippen molar-refractivity contribution < 1.29 is 4.74 Å². The number of nitrogens with two attached hydrogens (primary N) is 1. The quantitative estimate of drug-likeness (QED) is 0.727. The zero-order chi connectivity index (χ0) is 13.6. The van der Waals surface area contributed by atoms with E-state index in [0.717, 1.165) is 24.3 Å². The van der Waals surface area contributed by atoms with Crippen molar-refractivity contribution in [2.24, 2.45) is 5.73 Å². The van der Waals surface area contributed by atoms with E-state index in [-0.39, 0.29) is 5.54 Å². The fraction of sp³-hybridized carbons (Fsp3) is 0.467. The first-order chi connectivity index (χ1) is 8.50. The van der Waals surface area contributed by atoms with Gasteiger partial charge in [-0.1, -0.05) is 30.4 Å². The van der Waals surface area contributed by atoms with E-state index in [4.69, 9.17) is 10.5 Å². The monoisotopic (exact) mass is 248 g/mol. The second-order valence-electron chi connectivity index (χ2n) is 5.06. The van der Waals surface area contributed by atoms with E-state index in [2.05, 4.69) is 24.9 Å². The van der Waals surface area contributed by atoms with E-state index in [9.17, 15) is 0 Å². The Hall–Kier alpha value is -1.32. The first-order valence-electron chi connectivity index (χ1n) is 6.22. The lowest BCUT2D eigenvalue weighted by Crippen LogP contribution is -2.50. The summed E-state index contributed by atoms with van der Waals surface area (Å²) in [5, 5.41) is 3.46. The molecule has 0 amide bonds. The van der Waals surface area contributed by atoms with Crippen LogP contribution >= 0.6 is 0 Å². The Morgan fingerprint density at radius 3 is 2.67 bits per heavy atom. The van der Waals surface area contributed by atoms with Crippen LogP contribution in [0.15, 0.2) is 36.4 Å². The van der Waals surface area contributed by atoms with Gasteiger partial charge in [0.25, 0.3) is 0 Å². The lowest BCUT2D eigenvalue weighted by atomic mass is 9.92. The standard InChI is InChI=1S/C15H24N2O/c1-12(2)10-17-15(3,11-16)9-13-7-5-6-8-14(13)18-4/h5-8,17H,1,9-11,16H2,2-4H3. The summed E-state index contributed by atoms with van der Waals surface area (Å²) in [6.45, 7) is 9.39. The molecule has 18 heavy (non-hydrogen) atoms. The number of benzene rings is 1. The minimum atomic E-state index is -0.145. The van der Waals surface area contributed by atoms with Crippen LogP contribution in [-0.2, 0) is 6.42 Å². The molecule has 0 aliphatic heterocycles. The van der Waals surface area contributed by atoms with E-state index in [1.807, 2.05) is 25.1 Å². The molecule has 0 saturated carbocycles. The predicted octanol–water partition coefficient (Wildman–Crippen LogP) is 2.12. The molecule has 1 unspecified atom stereocenters. The van der Waals surface area contributed by atoms with Gasteiger partial charge in [-0.3, -0.25) is 0 Å². The summed E-state index contributed by atoms with van der Waals surface area (Å²) >= 11 is 0. The lowest BCUT2D eigenvalue weighted by molar-refractivity contribution is 0.360. The molecule has 0 aliphatic carbocycles. The Morgan fingerprint density at radius 1 is 1.44 bits per heavy atom. The predicted molar refractivity (Wildman–Crippen MR) is 77.0 cm³/mol. The number of methoxy groups -OCH3 is 1. The van der Waals surface area contributed by atoms with Gasteiger partial charge >= 0.3 is 0 Å². The molecule has 0 bridgehead atoms. The maximum Gasteiger partial charge on any atom is 0.122 e. The molecule has 3 heteroatoms. The van der Waals surface area contributed by atoms with Crippen LogP contribution in [0, 0.1) is 0 Å². The third kappa shape index (κ3) is 4.17. The summed E-state index contributed by atoms with van der Waals surface area (Å²) < 4.78 is 5.38. The molecule has 0 heterocycles. The summed E-state index contributed by atoms with van der Waals surface area (Å²) in [6, 6.07) is 8.05. The first kappa shape index (κ1) is 14.7. The molecule has 3 nitrogen and oxygen atoms in total. The van der Waals surface area contributed by atoms with Gasteiger partial charge in [0, 0.05) is 18.6 Å². The highest BCUT2D eigenvalue weighted by Crippen LogP contribution is 2.22. The van der Waals surface area contributed by atoms with Crippen molar-refractivity contribution in [3.05, 3.63) is 42.0 Å². The topological polar surface area (TPSA) is 47.3 Å². The highest BCUT2D eigenvalue weighted by atomic mass is 16.5. The van der Waals surface area contributed by atoms with Gasteiger partial charge in [-0.05, 0) is 31.9 Å². The number of nitrogens with one attached hydrogen (secondary N) is 1. The second kappa shape index (κ2) is 6.57. The molecule has 100 valence electrons. The van der Waals surface area contributed by atoms with Gasteiger partial charge in [0.05, 0.1) is 7.11 Å². The molecule has 1 aromatic rings. The van der Waals surface area contributed by atoms with Crippen molar-refractivity contribution >= 4 is 0 Å². The highest BCUT2D eigenvalue weighted by molar-refractivity contribution is 5.34. The average molecular weight is 248 g/mol. The Bertz CT molecular complexity index is 403. The van der Waals surface area contributed by atoms with Gasteiger partial charge in [0.2, 0.25) is 0 Å². The van der Waals surface area contributed by atoms with Crippen LogP contribution < -0.4 is 15.8 Å². The van der Waals surface area contributed by atoms with Gasteiger partial charge in [-0.25, -0.2) is 0 Å². The molecule has 0 spiro atoms. The Morgan fingerprint density at radius 2 is 2.11 bits per heavy atom. The summed E-state index contributed by atoms with van der Waals surface area (Å²) in [5.41, 5.74) is 8.03. The van der Waals surface area contributed by atoms with Crippen molar-refractivity contribution in [3.63, 3.8) is 0 Å². The molecular weight excluding hydrogens is 224 g/mol. The molecule has 1 atom stereocenters. The molecule has 1 aromatic carbocycles. The number of ether oxygens (including phenoxy) is 1. The second-order valence-corrected chi connectivity index (χ2v) is 5.06. The van der Waals surface area contributed by atoms with Crippen LogP contribution in [-0.4, -0.2) is 25.7 Å². The first-order valence-corrected chi connectivity index (χ1v) is 6.22. The summed E-state index contributed by atoms with van der Waals surface area (Å²) in [7, 11) is 1.69. The maximum absolute atomic E-state index is 5.90. The molecular formula is C15H24N2O. The van der Waals surface area contributed by atoms with Crippen LogP contribution in [0.2, 0.25) is 0 Å². The van der Waals surface area contributed by atoms with Gasteiger partial charge in [0.15, 0.2) is 0 Å².